The molecule has 0 saturated carbocycles. The topological polar surface area (TPSA) is 45.2 Å². The van der Waals surface area contributed by atoms with E-state index in [-0.39, 0.29) is 5.91 Å². The summed E-state index contributed by atoms with van der Waals surface area (Å²) in [7, 11) is 0. The van der Waals surface area contributed by atoms with Crippen LogP contribution in [-0.2, 0) is 0 Å². The predicted octanol–water partition coefficient (Wildman–Crippen LogP) is 2.14. The molecule has 0 aromatic carbocycles. The standard InChI is InChI=1S/C16H23N3O/c1-12-9-13(11-17-10-12)16(20)19-8-3-2-6-15(19)14-5-4-7-18-14/h9-11,14-15,18H,2-8H2,1H3. The zero-order valence-electron chi connectivity index (χ0n) is 12.1. The Kier molecular flexibility index (Phi) is 4.01. The SMILES string of the molecule is Cc1cncc(C(=O)N2CCCCC2C2CCCN2)c1. The zero-order valence-corrected chi connectivity index (χ0v) is 12.1. The molecule has 2 fully saturated rings. The summed E-state index contributed by atoms with van der Waals surface area (Å²) < 4.78 is 0. The lowest BCUT2D eigenvalue weighted by molar-refractivity contribution is 0.0563. The van der Waals surface area contributed by atoms with Crippen molar-refractivity contribution >= 4 is 5.91 Å². The molecule has 2 aliphatic rings. The summed E-state index contributed by atoms with van der Waals surface area (Å²) in [5, 5.41) is 3.56. The monoisotopic (exact) mass is 273 g/mol. The fourth-order valence-corrected chi connectivity index (χ4v) is 3.51. The van der Waals surface area contributed by atoms with Crippen LogP contribution in [0.3, 0.4) is 0 Å². The summed E-state index contributed by atoms with van der Waals surface area (Å²) >= 11 is 0. The van der Waals surface area contributed by atoms with Gasteiger partial charge in [-0.1, -0.05) is 0 Å². The molecule has 1 N–H and O–H groups in total. The number of carbonyl (C=O) groups excluding carboxylic acids is 1. The second kappa shape index (κ2) is 5.92. The van der Waals surface area contributed by atoms with Crippen LogP contribution in [-0.4, -0.2) is 41.0 Å². The van der Waals surface area contributed by atoms with Crippen LogP contribution in [0.4, 0.5) is 0 Å². The minimum atomic E-state index is 0.152. The van der Waals surface area contributed by atoms with E-state index in [1.54, 1.807) is 12.4 Å². The maximum absolute atomic E-state index is 12.8. The number of amides is 1. The number of hydrogen-bond donors (Lipinski definition) is 1. The Morgan fingerprint density at radius 3 is 2.95 bits per heavy atom. The van der Waals surface area contributed by atoms with Gasteiger partial charge in [0.05, 0.1) is 5.56 Å². The molecule has 0 radical (unpaired) electrons. The van der Waals surface area contributed by atoms with Crippen molar-refractivity contribution in [3.05, 3.63) is 29.6 Å². The number of aryl methyl sites for hydroxylation is 1. The molecule has 3 heterocycles. The Morgan fingerprint density at radius 2 is 2.20 bits per heavy atom. The molecule has 2 atom stereocenters. The molecule has 20 heavy (non-hydrogen) atoms. The van der Waals surface area contributed by atoms with E-state index in [4.69, 9.17) is 0 Å². The average Bonchev–Trinajstić information content (AvgIpc) is 3.00. The molecule has 1 aromatic rings. The molecule has 2 aliphatic heterocycles. The number of rotatable bonds is 2. The van der Waals surface area contributed by atoms with E-state index in [9.17, 15) is 4.79 Å². The second-order valence-electron chi connectivity index (χ2n) is 6.02. The minimum absolute atomic E-state index is 0.152. The largest absolute Gasteiger partial charge is 0.334 e. The Hall–Kier alpha value is -1.42. The Morgan fingerprint density at radius 1 is 1.30 bits per heavy atom. The van der Waals surface area contributed by atoms with Crippen LogP contribution in [0.15, 0.2) is 18.5 Å². The van der Waals surface area contributed by atoms with E-state index in [1.807, 2.05) is 13.0 Å². The smallest absolute Gasteiger partial charge is 0.255 e. The van der Waals surface area contributed by atoms with Crippen molar-refractivity contribution in [2.45, 2.75) is 51.1 Å². The van der Waals surface area contributed by atoms with Crippen LogP contribution in [0.25, 0.3) is 0 Å². The van der Waals surface area contributed by atoms with Gasteiger partial charge < -0.3 is 10.2 Å². The van der Waals surface area contributed by atoms with Gasteiger partial charge in [-0.2, -0.15) is 0 Å². The Labute approximate surface area is 120 Å². The van der Waals surface area contributed by atoms with Gasteiger partial charge in [0.15, 0.2) is 0 Å². The highest BCUT2D eigenvalue weighted by atomic mass is 16.2. The normalized spacial score (nSPS) is 26.8. The van der Waals surface area contributed by atoms with E-state index in [2.05, 4.69) is 15.2 Å². The van der Waals surface area contributed by atoms with E-state index in [0.29, 0.717) is 12.1 Å². The van der Waals surface area contributed by atoms with Gasteiger partial charge in [-0.05, 0) is 57.2 Å². The highest BCUT2D eigenvalue weighted by molar-refractivity contribution is 5.94. The van der Waals surface area contributed by atoms with Crippen LogP contribution in [0.1, 0.15) is 48.0 Å². The van der Waals surface area contributed by atoms with Gasteiger partial charge in [0, 0.05) is 31.0 Å². The maximum atomic E-state index is 12.8. The summed E-state index contributed by atoms with van der Waals surface area (Å²) in [6.07, 6.45) is 9.40. The van der Waals surface area contributed by atoms with Crippen molar-refractivity contribution < 1.29 is 4.79 Å². The van der Waals surface area contributed by atoms with Crippen LogP contribution in [0.5, 0.6) is 0 Å². The number of aromatic nitrogens is 1. The number of hydrogen-bond acceptors (Lipinski definition) is 3. The van der Waals surface area contributed by atoms with Crippen LogP contribution >= 0.6 is 0 Å². The Balaban J connectivity index is 1.80. The van der Waals surface area contributed by atoms with Crippen LogP contribution < -0.4 is 5.32 Å². The second-order valence-corrected chi connectivity index (χ2v) is 6.02. The van der Waals surface area contributed by atoms with Gasteiger partial charge in [-0.15, -0.1) is 0 Å². The predicted molar refractivity (Wildman–Crippen MR) is 78.7 cm³/mol. The number of pyridine rings is 1. The molecule has 3 rings (SSSR count). The van der Waals surface area contributed by atoms with Gasteiger partial charge in [0.1, 0.15) is 0 Å². The van der Waals surface area contributed by atoms with Gasteiger partial charge >= 0.3 is 0 Å². The summed E-state index contributed by atoms with van der Waals surface area (Å²) in [6, 6.07) is 2.79. The molecule has 1 aromatic heterocycles. The van der Waals surface area contributed by atoms with Crippen molar-refractivity contribution in [3.8, 4) is 0 Å². The third-order valence-electron chi connectivity index (χ3n) is 4.49. The van der Waals surface area contributed by atoms with Gasteiger partial charge in [0.25, 0.3) is 5.91 Å². The summed E-state index contributed by atoms with van der Waals surface area (Å²) in [4.78, 5) is 19.0. The molecular formula is C16H23N3O. The number of nitrogens with one attached hydrogen (secondary N) is 1. The van der Waals surface area contributed by atoms with Gasteiger partial charge in [-0.25, -0.2) is 0 Å². The first kappa shape index (κ1) is 13.6. The fourth-order valence-electron chi connectivity index (χ4n) is 3.51. The van der Waals surface area contributed by atoms with Crippen LogP contribution in [0, 0.1) is 6.92 Å². The molecule has 2 saturated heterocycles. The summed E-state index contributed by atoms with van der Waals surface area (Å²) in [5.74, 6) is 0.152. The van der Waals surface area contributed by atoms with Gasteiger partial charge in [0.2, 0.25) is 0 Å². The molecular weight excluding hydrogens is 250 g/mol. The lowest BCUT2D eigenvalue weighted by Gasteiger charge is -2.39. The van der Waals surface area contributed by atoms with Gasteiger partial charge in [-0.3, -0.25) is 9.78 Å². The number of likely N-dealkylation sites (tertiary alicyclic amines) is 1. The van der Waals surface area contributed by atoms with E-state index < -0.39 is 0 Å². The zero-order chi connectivity index (χ0) is 13.9. The number of piperidine rings is 1. The van der Waals surface area contributed by atoms with E-state index >= 15 is 0 Å². The Bertz CT molecular complexity index is 482. The first-order chi connectivity index (χ1) is 9.75. The van der Waals surface area contributed by atoms with Crippen molar-refractivity contribution in [3.63, 3.8) is 0 Å². The van der Waals surface area contributed by atoms with Crippen molar-refractivity contribution in [1.29, 1.82) is 0 Å². The van der Waals surface area contributed by atoms with Crippen molar-refractivity contribution in [2.24, 2.45) is 0 Å². The molecule has 0 bridgehead atoms. The average molecular weight is 273 g/mol. The summed E-state index contributed by atoms with van der Waals surface area (Å²) in [5.41, 5.74) is 1.78. The molecule has 4 nitrogen and oxygen atoms in total. The molecule has 1 amide bonds. The minimum Gasteiger partial charge on any atom is -0.334 e. The lowest BCUT2D eigenvalue weighted by atomic mass is 9.94. The third kappa shape index (κ3) is 2.70. The van der Waals surface area contributed by atoms with Crippen molar-refractivity contribution in [2.75, 3.05) is 13.1 Å². The molecule has 0 aliphatic carbocycles. The summed E-state index contributed by atoms with van der Waals surface area (Å²) in [6.45, 7) is 3.96. The fraction of sp³-hybridized carbons (Fsp3) is 0.625. The van der Waals surface area contributed by atoms with E-state index in [0.717, 1.165) is 37.1 Å². The number of nitrogens with zero attached hydrogens (tertiary/aromatic N) is 2. The number of carbonyl (C=O) groups is 1. The maximum Gasteiger partial charge on any atom is 0.255 e. The lowest BCUT2D eigenvalue weighted by Crippen LogP contribution is -2.52. The van der Waals surface area contributed by atoms with E-state index in [1.165, 1.54) is 19.3 Å². The first-order valence-electron chi connectivity index (χ1n) is 7.72. The first-order valence-corrected chi connectivity index (χ1v) is 7.72. The molecule has 0 spiro atoms. The molecule has 2 unspecified atom stereocenters. The highest BCUT2D eigenvalue weighted by Crippen LogP contribution is 2.25. The highest BCUT2D eigenvalue weighted by Gasteiger charge is 2.34. The quantitative estimate of drug-likeness (QED) is 0.898. The van der Waals surface area contributed by atoms with Crippen molar-refractivity contribution in [1.82, 2.24) is 15.2 Å². The molecule has 108 valence electrons. The third-order valence-corrected chi connectivity index (χ3v) is 4.49. The molecule has 4 heteroatoms. The van der Waals surface area contributed by atoms with Crippen LogP contribution in [0.2, 0.25) is 0 Å².